The topological polar surface area (TPSA) is 66.5 Å². The Morgan fingerprint density at radius 1 is 1.07 bits per heavy atom. The SMILES string of the molecule is CCC(C(=O)NCc1ccccc1C)N(c1cc(C)ccc1C)S(C)(=O)=O. The van der Waals surface area contributed by atoms with E-state index in [2.05, 4.69) is 5.32 Å². The summed E-state index contributed by atoms with van der Waals surface area (Å²) in [6.45, 7) is 7.93. The Labute approximate surface area is 162 Å². The maximum Gasteiger partial charge on any atom is 0.244 e. The molecule has 5 nitrogen and oxygen atoms in total. The lowest BCUT2D eigenvalue weighted by molar-refractivity contribution is -0.122. The first-order chi connectivity index (χ1) is 12.6. The zero-order valence-corrected chi connectivity index (χ0v) is 17.4. The second-order valence-electron chi connectivity index (χ2n) is 6.92. The molecule has 1 amide bonds. The molecule has 0 heterocycles. The highest BCUT2D eigenvalue weighted by Gasteiger charge is 2.32. The molecule has 1 atom stereocenters. The third kappa shape index (κ3) is 5.10. The van der Waals surface area contributed by atoms with Crippen LogP contribution in [-0.4, -0.2) is 26.6 Å². The minimum atomic E-state index is -3.63. The molecule has 2 aromatic carbocycles. The molecule has 0 saturated heterocycles. The van der Waals surface area contributed by atoms with Crippen molar-refractivity contribution in [3.8, 4) is 0 Å². The van der Waals surface area contributed by atoms with Gasteiger partial charge in [0.1, 0.15) is 6.04 Å². The minimum absolute atomic E-state index is 0.299. The molecule has 0 fully saturated rings. The molecule has 0 aliphatic rings. The van der Waals surface area contributed by atoms with Crippen LogP contribution in [0.4, 0.5) is 5.69 Å². The van der Waals surface area contributed by atoms with Gasteiger partial charge in [0.15, 0.2) is 0 Å². The molecular weight excluding hydrogens is 360 g/mol. The van der Waals surface area contributed by atoms with E-state index in [0.29, 0.717) is 18.7 Å². The summed E-state index contributed by atoms with van der Waals surface area (Å²) in [4.78, 5) is 12.9. The van der Waals surface area contributed by atoms with Crippen molar-refractivity contribution in [1.29, 1.82) is 0 Å². The minimum Gasteiger partial charge on any atom is -0.350 e. The molecule has 6 heteroatoms. The Morgan fingerprint density at radius 2 is 1.74 bits per heavy atom. The second kappa shape index (κ2) is 8.57. The van der Waals surface area contributed by atoms with E-state index in [1.807, 2.05) is 70.2 Å². The van der Waals surface area contributed by atoms with Gasteiger partial charge in [0.2, 0.25) is 15.9 Å². The third-order valence-electron chi connectivity index (χ3n) is 4.65. The van der Waals surface area contributed by atoms with Crippen LogP contribution < -0.4 is 9.62 Å². The quantitative estimate of drug-likeness (QED) is 0.790. The Bertz CT molecular complexity index is 923. The highest BCUT2D eigenvalue weighted by molar-refractivity contribution is 7.92. The van der Waals surface area contributed by atoms with Crippen molar-refractivity contribution in [3.05, 3.63) is 64.7 Å². The van der Waals surface area contributed by atoms with Gasteiger partial charge in [-0.1, -0.05) is 43.3 Å². The number of anilines is 1. The normalized spacial score (nSPS) is 12.5. The molecule has 0 saturated carbocycles. The number of benzene rings is 2. The molecule has 1 unspecified atom stereocenters. The van der Waals surface area contributed by atoms with E-state index >= 15 is 0 Å². The summed E-state index contributed by atoms with van der Waals surface area (Å²) in [7, 11) is -3.63. The number of aryl methyl sites for hydroxylation is 3. The van der Waals surface area contributed by atoms with Crippen LogP contribution in [0.25, 0.3) is 0 Å². The monoisotopic (exact) mass is 388 g/mol. The molecule has 2 rings (SSSR count). The predicted octanol–water partition coefficient (Wildman–Crippen LogP) is 3.47. The molecule has 0 spiro atoms. The molecule has 0 bridgehead atoms. The fourth-order valence-corrected chi connectivity index (χ4v) is 4.36. The van der Waals surface area contributed by atoms with Crippen LogP contribution in [0, 0.1) is 20.8 Å². The van der Waals surface area contributed by atoms with Gasteiger partial charge in [-0.15, -0.1) is 0 Å². The maximum absolute atomic E-state index is 12.9. The maximum atomic E-state index is 12.9. The molecule has 0 aliphatic heterocycles. The number of amides is 1. The fourth-order valence-electron chi connectivity index (χ4n) is 3.10. The molecule has 2 aromatic rings. The van der Waals surface area contributed by atoms with E-state index < -0.39 is 16.1 Å². The average molecular weight is 389 g/mol. The van der Waals surface area contributed by atoms with Crippen LogP contribution in [0.3, 0.4) is 0 Å². The fraction of sp³-hybridized carbons (Fsp3) is 0.381. The van der Waals surface area contributed by atoms with Crippen LogP contribution in [-0.2, 0) is 21.4 Å². The van der Waals surface area contributed by atoms with Gasteiger partial charge in [0.05, 0.1) is 11.9 Å². The first-order valence-corrected chi connectivity index (χ1v) is 10.9. The molecule has 0 aliphatic carbocycles. The number of rotatable bonds is 7. The van der Waals surface area contributed by atoms with Crippen LogP contribution >= 0.6 is 0 Å². The molecule has 146 valence electrons. The highest BCUT2D eigenvalue weighted by atomic mass is 32.2. The summed E-state index contributed by atoms with van der Waals surface area (Å²) in [6.07, 6.45) is 1.52. The average Bonchev–Trinajstić information content (AvgIpc) is 2.60. The number of carbonyl (C=O) groups excluding carboxylic acids is 1. The standard InChI is InChI=1S/C21H28N2O3S/c1-6-19(21(24)22-14-18-10-8-7-9-16(18)3)23(27(5,25)26)20-13-15(2)11-12-17(20)4/h7-13,19H,6,14H2,1-5H3,(H,22,24). The van der Waals surface area contributed by atoms with Crippen molar-refractivity contribution in [3.63, 3.8) is 0 Å². The lowest BCUT2D eigenvalue weighted by Gasteiger charge is -2.31. The van der Waals surface area contributed by atoms with Gasteiger partial charge in [-0.25, -0.2) is 8.42 Å². The van der Waals surface area contributed by atoms with Gasteiger partial charge in [-0.2, -0.15) is 0 Å². The van der Waals surface area contributed by atoms with Gasteiger partial charge in [-0.3, -0.25) is 9.10 Å². The summed E-state index contributed by atoms with van der Waals surface area (Å²) in [5.74, 6) is -0.299. The largest absolute Gasteiger partial charge is 0.350 e. The Kier molecular flexibility index (Phi) is 6.65. The van der Waals surface area contributed by atoms with E-state index in [4.69, 9.17) is 0 Å². The summed E-state index contributed by atoms with van der Waals surface area (Å²) in [6, 6.07) is 12.6. The van der Waals surface area contributed by atoms with Gasteiger partial charge in [0, 0.05) is 6.54 Å². The van der Waals surface area contributed by atoms with Crippen LogP contribution in [0.1, 0.15) is 35.6 Å². The van der Waals surface area contributed by atoms with E-state index in [-0.39, 0.29) is 5.91 Å². The number of hydrogen-bond acceptors (Lipinski definition) is 3. The van der Waals surface area contributed by atoms with Gasteiger partial charge >= 0.3 is 0 Å². The molecule has 1 N–H and O–H groups in total. The van der Waals surface area contributed by atoms with Crippen molar-refractivity contribution in [1.82, 2.24) is 5.32 Å². The van der Waals surface area contributed by atoms with Crippen molar-refractivity contribution in [2.75, 3.05) is 10.6 Å². The zero-order valence-electron chi connectivity index (χ0n) is 16.6. The van der Waals surface area contributed by atoms with Crippen LogP contribution in [0.15, 0.2) is 42.5 Å². The number of hydrogen-bond donors (Lipinski definition) is 1. The van der Waals surface area contributed by atoms with E-state index in [1.54, 1.807) is 0 Å². The van der Waals surface area contributed by atoms with Crippen molar-refractivity contribution >= 4 is 21.6 Å². The van der Waals surface area contributed by atoms with Crippen molar-refractivity contribution < 1.29 is 13.2 Å². The number of sulfonamides is 1. The Morgan fingerprint density at radius 3 is 2.33 bits per heavy atom. The summed E-state index contributed by atoms with van der Waals surface area (Å²) in [5.41, 5.74) is 4.41. The number of carbonyl (C=O) groups is 1. The van der Waals surface area contributed by atoms with Gasteiger partial charge in [-0.05, 0) is 55.5 Å². The molecule has 0 radical (unpaired) electrons. The first-order valence-electron chi connectivity index (χ1n) is 9.04. The highest BCUT2D eigenvalue weighted by Crippen LogP contribution is 2.27. The van der Waals surface area contributed by atoms with Gasteiger partial charge in [0.25, 0.3) is 0 Å². The van der Waals surface area contributed by atoms with Crippen molar-refractivity contribution in [2.24, 2.45) is 0 Å². The van der Waals surface area contributed by atoms with E-state index in [1.165, 1.54) is 4.31 Å². The lowest BCUT2D eigenvalue weighted by Crippen LogP contribution is -2.49. The van der Waals surface area contributed by atoms with E-state index in [9.17, 15) is 13.2 Å². The van der Waals surface area contributed by atoms with Crippen LogP contribution in [0.2, 0.25) is 0 Å². The second-order valence-corrected chi connectivity index (χ2v) is 8.78. The number of nitrogens with zero attached hydrogens (tertiary/aromatic N) is 1. The predicted molar refractivity (Wildman–Crippen MR) is 110 cm³/mol. The summed E-state index contributed by atoms with van der Waals surface area (Å²) < 4.78 is 26.4. The molecule has 27 heavy (non-hydrogen) atoms. The zero-order chi connectivity index (χ0) is 20.2. The van der Waals surface area contributed by atoms with E-state index in [0.717, 1.165) is 28.5 Å². The lowest BCUT2D eigenvalue weighted by atomic mass is 10.1. The Hall–Kier alpha value is -2.34. The molecule has 0 aromatic heterocycles. The first kappa shape index (κ1) is 21.0. The third-order valence-corrected chi connectivity index (χ3v) is 5.81. The smallest absolute Gasteiger partial charge is 0.244 e. The van der Waals surface area contributed by atoms with Crippen LogP contribution in [0.5, 0.6) is 0 Å². The Balaban J connectivity index is 2.33. The number of nitrogens with one attached hydrogen (secondary N) is 1. The summed E-state index contributed by atoms with van der Waals surface area (Å²) >= 11 is 0. The van der Waals surface area contributed by atoms with Gasteiger partial charge < -0.3 is 5.32 Å². The molecular formula is C21H28N2O3S. The summed E-state index contributed by atoms with van der Waals surface area (Å²) in [5, 5.41) is 2.90. The van der Waals surface area contributed by atoms with Crippen molar-refractivity contribution in [2.45, 2.75) is 46.7 Å².